The van der Waals surface area contributed by atoms with Crippen molar-refractivity contribution in [1.82, 2.24) is 0 Å². The molecule has 0 radical (unpaired) electrons. The number of nitrogens with one attached hydrogen (secondary N) is 1. The van der Waals surface area contributed by atoms with Gasteiger partial charge >= 0.3 is 0 Å². The van der Waals surface area contributed by atoms with Crippen LogP contribution >= 0.6 is 0 Å². The number of hydrogen-bond donors (Lipinski definition) is 2. The maximum atomic E-state index is 11.8. The molecule has 9 nitrogen and oxygen atoms in total. The van der Waals surface area contributed by atoms with Crippen molar-refractivity contribution < 1.29 is 35.3 Å². The van der Waals surface area contributed by atoms with E-state index in [0.717, 1.165) is 33.9 Å². The lowest BCUT2D eigenvalue weighted by atomic mass is 9.81. The Kier molecular flexibility index (Phi) is 7.52. The van der Waals surface area contributed by atoms with Crippen LogP contribution in [-0.2, 0) is 35.8 Å². The van der Waals surface area contributed by atoms with Crippen LogP contribution in [0.1, 0.15) is 38.8 Å². The van der Waals surface area contributed by atoms with Crippen LogP contribution in [0.5, 0.6) is 0 Å². The summed E-state index contributed by atoms with van der Waals surface area (Å²) in [4.78, 5) is -0.403. The molecule has 2 aromatic rings. The smallest absolute Gasteiger partial charge is 0.294 e. The van der Waals surface area contributed by atoms with Gasteiger partial charge in [0.2, 0.25) is 5.69 Å². The topological polar surface area (TPSA) is 136 Å². The van der Waals surface area contributed by atoms with Gasteiger partial charge in [-0.05, 0) is 55.8 Å². The molecule has 0 fully saturated rings. The van der Waals surface area contributed by atoms with Crippen LogP contribution in [0.4, 0.5) is 11.4 Å². The minimum atomic E-state index is -4.55. The highest BCUT2D eigenvalue weighted by atomic mass is 32.2. The third-order valence-corrected chi connectivity index (χ3v) is 9.00. The van der Waals surface area contributed by atoms with Gasteiger partial charge in [0.1, 0.15) is 16.7 Å². The first-order valence-corrected chi connectivity index (χ1v) is 15.1. The number of anilines is 1. The highest BCUT2D eigenvalue weighted by molar-refractivity contribution is 7.86. The van der Waals surface area contributed by atoms with Crippen molar-refractivity contribution in [2.45, 2.75) is 48.3 Å². The van der Waals surface area contributed by atoms with Crippen LogP contribution in [0.25, 0.3) is 0 Å². The Bertz CT molecular complexity index is 1660. The largest absolute Gasteiger partial charge is 0.744 e. The van der Waals surface area contributed by atoms with Gasteiger partial charge in [-0.3, -0.25) is 4.55 Å². The molecule has 11 heteroatoms. The third kappa shape index (κ3) is 5.50. The van der Waals surface area contributed by atoms with E-state index in [1.807, 2.05) is 58.1 Å². The fraction of sp³-hybridized carbons (Fsp3) is 0.321. The average Bonchev–Trinajstić information content (AvgIpc) is 3.22. The van der Waals surface area contributed by atoms with Gasteiger partial charge in [-0.1, -0.05) is 32.1 Å². The Morgan fingerprint density at radius 3 is 2.26 bits per heavy atom. The fourth-order valence-corrected chi connectivity index (χ4v) is 6.11. The number of hydrogen-bond acceptors (Lipinski definition) is 7. The maximum absolute atomic E-state index is 11.8. The van der Waals surface area contributed by atoms with E-state index >= 15 is 0 Å². The minimum Gasteiger partial charge on any atom is -0.744 e. The van der Waals surface area contributed by atoms with E-state index in [0.29, 0.717) is 13.2 Å². The molecule has 0 aliphatic carbocycles. The first-order chi connectivity index (χ1) is 18.1. The molecule has 0 atom stereocenters. The van der Waals surface area contributed by atoms with Crippen LogP contribution in [-0.4, -0.2) is 56.5 Å². The normalized spacial score (nSPS) is 19.2. The number of nitrogens with zero attached hydrogens (tertiary/aromatic N) is 1. The maximum Gasteiger partial charge on any atom is 0.294 e. The number of methoxy groups -OCH3 is 1. The number of ether oxygens (including phenoxy) is 1. The summed E-state index contributed by atoms with van der Waals surface area (Å²) in [6.07, 6.45) is 9.48. The molecule has 0 unspecified atom stereocenters. The summed E-state index contributed by atoms with van der Waals surface area (Å²) in [5, 5.41) is 3.30. The van der Waals surface area contributed by atoms with E-state index in [-0.39, 0.29) is 9.79 Å². The quantitative estimate of drug-likeness (QED) is 0.272. The highest BCUT2D eigenvalue weighted by Crippen LogP contribution is 2.44. The number of fused-ring (bicyclic) bond motifs is 2. The van der Waals surface area contributed by atoms with Crippen LogP contribution < -0.4 is 5.32 Å². The van der Waals surface area contributed by atoms with E-state index < -0.39 is 31.1 Å². The number of benzene rings is 2. The molecule has 0 amide bonds. The minimum absolute atomic E-state index is 0.148. The predicted octanol–water partition coefficient (Wildman–Crippen LogP) is 4.26. The zero-order chi connectivity index (χ0) is 28.8. The second-order valence-electron chi connectivity index (χ2n) is 10.5. The van der Waals surface area contributed by atoms with Gasteiger partial charge in [-0.15, -0.1) is 0 Å². The Hall–Kier alpha value is -3.09. The Morgan fingerprint density at radius 1 is 0.949 bits per heavy atom. The Balaban J connectivity index is 1.62. The molecule has 0 saturated carbocycles. The summed E-state index contributed by atoms with van der Waals surface area (Å²) < 4.78 is 74.9. The molecule has 0 aromatic heterocycles. The van der Waals surface area contributed by atoms with E-state index in [9.17, 15) is 25.9 Å². The summed E-state index contributed by atoms with van der Waals surface area (Å²) in [5.41, 5.74) is 3.84. The van der Waals surface area contributed by atoms with Crippen molar-refractivity contribution in [2.24, 2.45) is 0 Å². The molecule has 0 saturated heterocycles. The van der Waals surface area contributed by atoms with Crippen molar-refractivity contribution >= 4 is 37.3 Å². The lowest BCUT2D eigenvalue weighted by Gasteiger charge is -2.20. The van der Waals surface area contributed by atoms with Crippen molar-refractivity contribution in [3.05, 3.63) is 83.6 Å². The van der Waals surface area contributed by atoms with Gasteiger partial charge in [-0.2, -0.15) is 13.0 Å². The number of rotatable bonds is 8. The van der Waals surface area contributed by atoms with Crippen LogP contribution in [0.15, 0.2) is 82.3 Å². The van der Waals surface area contributed by atoms with E-state index in [1.165, 1.54) is 24.3 Å². The molecular weight excluding hydrogens is 540 g/mol. The first kappa shape index (κ1) is 28.9. The molecule has 0 spiro atoms. The molecule has 39 heavy (non-hydrogen) atoms. The highest BCUT2D eigenvalue weighted by Gasteiger charge is 2.44. The van der Waals surface area contributed by atoms with E-state index in [2.05, 4.69) is 9.89 Å². The molecular formula is C28H32N2O7S2. The van der Waals surface area contributed by atoms with Gasteiger partial charge in [0.15, 0.2) is 12.3 Å². The number of allylic oxidation sites excluding steroid dienone is 6. The molecule has 0 bridgehead atoms. The summed E-state index contributed by atoms with van der Waals surface area (Å²) >= 11 is 0. The average molecular weight is 573 g/mol. The van der Waals surface area contributed by atoms with Gasteiger partial charge in [0.25, 0.3) is 10.1 Å². The monoisotopic (exact) mass is 572 g/mol. The first-order valence-electron chi connectivity index (χ1n) is 12.3. The standard InChI is InChI=1S/C28H32N2O7S2/c1-27(2)21-17-19(38(31,32)33)11-13-23(21)29-25(27)9-7-6-8-10-26-28(3,4)22-18-20(39(34,35)36)12-14-24(22)30(26)15-16-37-5/h6-14,17-18H,15-16H2,1-5H3,(H2,31,32,33,34,35,36). The van der Waals surface area contributed by atoms with Crippen molar-refractivity contribution in [2.75, 3.05) is 25.6 Å². The summed E-state index contributed by atoms with van der Waals surface area (Å²) in [6.45, 7) is 8.91. The zero-order valence-electron chi connectivity index (χ0n) is 22.4. The van der Waals surface area contributed by atoms with Crippen molar-refractivity contribution in [3.63, 3.8) is 0 Å². The Labute approximate surface area is 229 Å². The molecule has 2 heterocycles. The predicted molar refractivity (Wildman–Crippen MR) is 148 cm³/mol. The van der Waals surface area contributed by atoms with Crippen molar-refractivity contribution in [1.29, 1.82) is 0 Å². The van der Waals surface area contributed by atoms with E-state index in [1.54, 1.807) is 19.2 Å². The SMILES string of the molecule is COCC[N+]1=C(/C=C/C=C/C=C2\Nc3ccc(S(=O)(=O)[O-])cc3C2(C)C)C(C)(C)c2cc(S(=O)(=O)O)ccc21. The second kappa shape index (κ2) is 10.1. The summed E-state index contributed by atoms with van der Waals surface area (Å²) in [5.74, 6) is 0. The molecule has 2 aromatic carbocycles. The second-order valence-corrected chi connectivity index (χ2v) is 13.3. The lowest BCUT2D eigenvalue weighted by molar-refractivity contribution is -0.441. The zero-order valence-corrected chi connectivity index (χ0v) is 24.1. The molecule has 2 aliphatic heterocycles. The molecule has 4 rings (SSSR count). The molecule has 208 valence electrons. The lowest BCUT2D eigenvalue weighted by Crippen LogP contribution is -2.28. The van der Waals surface area contributed by atoms with E-state index in [4.69, 9.17) is 4.74 Å². The van der Waals surface area contributed by atoms with Crippen LogP contribution in [0.3, 0.4) is 0 Å². The van der Waals surface area contributed by atoms with Gasteiger partial charge in [-0.25, -0.2) is 8.42 Å². The fourth-order valence-electron chi connectivity index (χ4n) is 5.10. The summed E-state index contributed by atoms with van der Waals surface area (Å²) in [7, 11) is -7.27. The Morgan fingerprint density at radius 2 is 1.62 bits per heavy atom. The third-order valence-electron chi connectivity index (χ3n) is 7.32. The van der Waals surface area contributed by atoms with Crippen LogP contribution in [0.2, 0.25) is 0 Å². The van der Waals surface area contributed by atoms with Gasteiger partial charge in [0.05, 0.1) is 15.2 Å². The van der Waals surface area contributed by atoms with Crippen LogP contribution in [0, 0.1) is 0 Å². The molecule has 2 aliphatic rings. The van der Waals surface area contributed by atoms with Gasteiger partial charge < -0.3 is 14.6 Å². The summed E-state index contributed by atoms with van der Waals surface area (Å²) in [6, 6.07) is 8.94. The van der Waals surface area contributed by atoms with Crippen molar-refractivity contribution in [3.8, 4) is 0 Å². The molecule has 2 N–H and O–H groups in total. The van der Waals surface area contributed by atoms with Gasteiger partial charge in [0, 0.05) is 41.6 Å².